The molecule has 0 spiro atoms. The van der Waals surface area contributed by atoms with Crippen molar-refractivity contribution in [1.82, 2.24) is 9.88 Å². The highest BCUT2D eigenvalue weighted by molar-refractivity contribution is 5.16. The first kappa shape index (κ1) is 14.7. The molecule has 106 valence electrons. The molecule has 0 saturated carbocycles. The Morgan fingerprint density at radius 1 is 1.05 bits per heavy atom. The van der Waals surface area contributed by atoms with Crippen LogP contribution in [0.4, 0.5) is 0 Å². The van der Waals surface area contributed by atoms with Crippen molar-refractivity contribution in [2.45, 2.75) is 18.9 Å². The van der Waals surface area contributed by atoms with E-state index in [2.05, 4.69) is 53.3 Å². The minimum Gasteiger partial charge on any atom is -0.326 e. The molecule has 1 aromatic heterocycles. The Morgan fingerprint density at radius 2 is 1.75 bits per heavy atom. The van der Waals surface area contributed by atoms with Crippen LogP contribution in [0.3, 0.4) is 0 Å². The summed E-state index contributed by atoms with van der Waals surface area (Å²) in [6.07, 6.45) is 5.66. The van der Waals surface area contributed by atoms with Crippen LogP contribution in [0, 0.1) is 0 Å². The first-order valence-electron chi connectivity index (χ1n) is 7.11. The number of likely N-dealkylation sites (N-methyl/N-ethyl adjacent to an activating group) is 1. The van der Waals surface area contributed by atoms with Gasteiger partial charge in [-0.15, -0.1) is 0 Å². The number of hydrogen-bond donors (Lipinski definition) is 1. The molecule has 0 bridgehead atoms. The van der Waals surface area contributed by atoms with Gasteiger partial charge in [0.15, 0.2) is 0 Å². The summed E-state index contributed by atoms with van der Waals surface area (Å²) in [6, 6.07) is 14.8. The Kier molecular flexibility index (Phi) is 5.71. The van der Waals surface area contributed by atoms with Crippen molar-refractivity contribution in [2.75, 3.05) is 20.1 Å². The molecule has 0 aliphatic carbocycles. The zero-order valence-corrected chi connectivity index (χ0v) is 12.1. The number of nitrogens with zero attached hydrogens (tertiary/aromatic N) is 2. The quantitative estimate of drug-likeness (QED) is 0.837. The highest BCUT2D eigenvalue weighted by Crippen LogP contribution is 2.04. The summed E-state index contributed by atoms with van der Waals surface area (Å²) >= 11 is 0. The van der Waals surface area contributed by atoms with Gasteiger partial charge in [0.05, 0.1) is 0 Å². The molecular weight excluding hydrogens is 246 g/mol. The van der Waals surface area contributed by atoms with Crippen LogP contribution in [0.1, 0.15) is 11.1 Å². The molecule has 1 heterocycles. The van der Waals surface area contributed by atoms with Crippen LogP contribution < -0.4 is 5.73 Å². The Bertz CT molecular complexity index is 484. The van der Waals surface area contributed by atoms with Gasteiger partial charge in [-0.25, -0.2) is 0 Å². The molecule has 0 fully saturated rings. The maximum absolute atomic E-state index is 6.22. The van der Waals surface area contributed by atoms with E-state index in [0.29, 0.717) is 0 Å². The third-order valence-corrected chi connectivity index (χ3v) is 3.42. The number of aromatic nitrogens is 1. The van der Waals surface area contributed by atoms with E-state index >= 15 is 0 Å². The van der Waals surface area contributed by atoms with Gasteiger partial charge in [-0.3, -0.25) is 4.98 Å². The van der Waals surface area contributed by atoms with Crippen LogP contribution in [-0.4, -0.2) is 36.1 Å². The third kappa shape index (κ3) is 5.11. The molecule has 0 saturated heterocycles. The van der Waals surface area contributed by atoms with Crippen molar-refractivity contribution in [2.24, 2.45) is 5.73 Å². The minimum atomic E-state index is 0.180. The summed E-state index contributed by atoms with van der Waals surface area (Å²) in [5.41, 5.74) is 8.85. The minimum absolute atomic E-state index is 0.180. The first-order valence-corrected chi connectivity index (χ1v) is 7.11. The third-order valence-electron chi connectivity index (χ3n) is 3.42. The monoisotopic (exact) mass is 269 g/mol. The van der Waals surface area contributed by atoms with E-state index in [-0.39, 0.29) is 6.04 Å². The summed E-state index contributed by atoms with van der Waals surface area (Å²) in [6.45, 7) is 1.94. The van der Waals surface area contributed by atoms with Crippen LogP contribution >= 0.6 is 0 Å². The van der Waals surface area contributed by atoms with Crippen LogP contribution in [0.5, 0.6) is 0 Å². The lowest BCUT2D eigenvalue weighted by Crippen LogP contribution is -2.37. The molecular formula is C17H23N3. The van der Waals surface area contributed by atoms with E-state index < -0.39 is 0 Å². The number of nitrogens with two attached hydrogens (primary N) is 1. The van der Waals surface area contributed by atoms with Crippen molar-refractivity contribution < 1.29 is 0 Å². The summed E-state index contributed by atoms with van der Waals surface area (Å²) < 4.78 is 0. The first-order chi connectivity index (χ1) is 9.74. The van der Waals surface area contributed by atoms with E-state index in [1.165, 1.54) is 11.1 Å². The fraction of sp³-hybridized carbons (Fsp3) is 0.353. The van der Waals surface area contributed by atoms with Gasteiger partial charge in [-0.2, -0.15) is 0 Å². The zero-order valence-electron chi connectivity index (χ0n) is 12.1. The fourth-order valence-corrected chi connectivity index (χ4v) is 2.34. The van der Waals surface area contributed by atoms with Crippen LogP contribution in [0.2, 0.25) is 0 Å². The highest BCUT2D eigenvalue weighted by Gasteiger charge is 2.07. The molecule has 2 rings (SSSR count). The van der Waals surface area contributed by atoms with Crippen LogP contribution in [0.25, 0.3) is 0 Å². The molecule has 2 aromatic rings. The summed E-state index contributed by atoms with van der Waals surface area (Å²) in [7, 11) is 2.13. The Balaban J connectivity index is 1.72. The van der Waals surface area contributed by atoms with Gasteiger partial charge in [-0.1, -0.05) is 30.3 Å². The molecule has 1 atom stereocenters. The second-order valence-corrected chi connectivity index (χ2v) is 5.32. The molecule has 0 unspecified atom stereocenters. The maximum atomic E-state index is 6.22. The average molecular weight is 269 g/mol. The second kappa shape index (κ2) is 7.78. The lowest BCUT2D eigenvalue weighted by molar-refractivity contribution is 0.313. The molecule has 3 heteroatoms. The smallest absolute Gasteiger partial charge is 0.0270 e. The van der Waals surface area contributed by atoms with E-state index in [1.54, 1.807) is 0 Å². The largest absolute Gasteiger partial charge is 0.326 e. The van der Waals surface area contributed by atoms with Crippen molar-refractivity contribution >= 4 is 0 Å². The molecule has 20 heavy (non-hydrogen) atoms. The van der Waals surface area contributed by atoms with Gasteiger partial charge in [0.1, 0.15) is 0 Å². The van der Waals surface area contributed by atoms with Crippen molar-refractivity contribution in [3.8, 4) is 0 Å². The summed E-state index contributed by atoms with van der Waals surface area (Å²) in [4.78, 5) is 6.33. The van der Waals surface area contributed by atoms with Crippen LogP contribution in [-0.2, 0) is 12.8 Å². The Morgan fingerprint density at radius 3 is 2.45 bits per heavy atom. The van der Waals surface area contributed by atoms with E-state index in [0.717, 1.165) is 25.9 Å². The van der Waals surface area contributed by atoms with Crippen LogP contribution in [0.15, 0.2) is 54.9 Å². The van der Waals surface area contributed by atoms with Gasteiger partial charge in [0.2, 0.25) is 0 Å². The van der Waals surface area contributed by atoms with E-state index in [4.69, 9.17) is 5.73 Å². The molecule has 2 N–H and O–H groups in total. The van der Waals surface area contributed by atoms with Crippen molar-refractivity contribution in [3.05, 3.63) is 66.0 Å². The van der Waals surface area contributed by atoms with Gasteiger partial charge in [-0.05, 0) is 43.1 Å². The standard InChI is InChI=1S/C17H23N3/c1-20(12-9-15-7-10-19-11-8-15)14-17(18)13-16-5-3-2-4-6-16/h2-8,10-11,17H,9,12-14,18H2,1H3/t17-/m0/s1. The average Bonchev–Trinajstić information content (AvgIpc) is 2.47. The number of pyridine rings is 1. The summed E-state index contributed by atoms with van der Waals surface area (Å²) in [5, 5.41) is 0. The molecule has 0 aliphatic rings. The normalized spacial score (nSPS) is 12.6. The van der Waals surface area contributed by atoms with Gasteiger partial charge in [0.25, 0.3) is 0 Å². The van der Waals surface area contributed by atoms with Crippen molar-refractivity contribution in [3.63, 3.8) is 0 Å². The molecule has 0 amide bonds. The predicted molar refractivity (Wildman–Crippen MR) is 83.6 cm³/mol. The SMILES string of the molecule is CN(CCc1ccncc1)C[C@@H](N)Cc1ccccc1. The Hall–Kier alpha value is -1.71. The van der Waals surface area contributed by atoms with E-state index in [1.807, 2.05) is 18.5 Å². The lowest BCUT2D eigenvalue weighted by Gasteiger charge is -2.21. The number of hydrogen-bond acceptors (Lipinski definition) is 3. The van der Waals surface area contributed by atoms with Gasteiger partial charge < -0.3 is 10.6 Å². The predicted octanol–water partition coefficient (Wildman–Crippen LogP) is 2.13. The molecule has 3 nitrogen and oxygen atoms in total. The Labute approximate surface area is 121 Å². The zero-order chi connectivity index (χ0) is 14.2. The van der Waals surface area contributed by atoms with Gasteiger partial charge in [0, 0.05) is 31.5 Å². The van der Waals surface area contributed by atoms with Gasteiger partial charge >= 0.3 is 0 Å². The molecule has 1 aromatic carbocycles. The number of benzene rings is 1. The fourth-order valence-electron chi connectivity index (χ4n) is 2.34. The second-order valence-electron chi connectivity index (χ2n) is 5.32. The molecule has 0 radical (unpaired) electrons. The maximum Gasteiger partial charge on any atom is 0.0270 e. The van der Waals surface area contributed by atoms with Crippen molar-refractivity contribution in [1.29, 1.82) is 0 Å². The lowest BCUT2D eigenvalue weighted by atomic mass is 10.1. The summed E-state index contributed by atoms with van der Waals surface area (Å²) in [5.74, 6) is 0. The highest BCUT2D eigenvalue weighted by atomic mass is 15.1. The number of rotatable bonds is 7. The topological polar surface area (TPSA) is 42.2 Å². The molecule has 0 aliphatic heterocycles. The van der Waals surface area contributed by atoms with E-state index in [9.17, 15) is 0 Å².